The molecule has 0 aliphatic carbocycles. The van der Waals surface area contributed by atoms with Crippen molar-refractivity contribution in [2.75, 3.05) is 20.2 Å². The van der Waals surface area contributed by atoms with Gasteiger partial charge in [-0.05, 0) is 49.2 Å². The van der Waals surface area contributed by atoms with Crippen LogP contribution in [0, 0.1) is 0 Å². The molecule has 0 bridgehead atoms. The number of amides is 1. The van der Waals surface area contributed by atoms with Crippen LogP contribution in [0.15, 0.2) is 53.1 Å². The second-order valence-electron chi connectivity index (χ2n) is 6.79. The predicted molar refractivity (Wildman–Crippen MR) is 106 cm³/mol. The average molecular weight is 398 g/mol. The predicted octanol–water partition coefficient (Wildman–Crippen LogP) is 4.42. The van der Waals surface area contributed by atoms with Crippen molar-refractivity contribution in [2.45, 2.75) is 18.8 Å². The number of carbonyl (C=O) groups excluding carboxylic acids is 1. The van der Waals surface area contributed by atoms with Gasteiger partial charge in [-0.3, -0.25) is 4.79 Å². The summed E-state index contributed by atoms with van der Waals surface area (Å²) in [5.74, 6) is 1.84. The van der Waals surface area contributed by atoms with Crippen LogP contribution in [0.5, 0.6) is 5.75 Å². The van der Waals surface area contributed by atoms with Gasteiger partial charge in [-0.15, -0.1) is 0 Å². The highest BCUT2D eigenvalue weighted by molar-refractivity contribution is 6.30. The van der Waals surface area contributed by atoms with Crippen molar-refractivity contribution < 1.29 is 14.1 Å². The number of ether oxygens (including phenoxy) is 1. The molecule has 4 rings (SSSR count). The molecule has 144 valence electrons. The molecule has 2 aromatic carbocycles. The molecule has 28 heavy (non-hydrogen) atoms. The van der Waals surface area contributed by atoms with E-state index < -0.39 is 0 Å². The Balaban J connectivity index is 1.49. The summed E-state index contributed by atoms with van der Waals surface area (Å²) in [6.45, 7) is 1.27. The van der Waals surface area contributed by atoms with Gasteiger partial charge in [0, 0.05) is 29.2 Å². The van der Waals surface area contributed by atoms with Gasteiger partial charge in [0.25, 0.3) is 5.91 Å². The van der Waals surface area contributed by atoms with Crippen molar-refractivity contribution in [2.24, 2.45) is 0 Å². The fourth-order valence-corrected chi connectivity index (χ4v) is 3.54. The zero-order valence-electron chi connectivity index (χ0n) is 15.5. The van der Waals surface area contributed by atoms with Crippen molar-refractivity contribution in [1.29, 1.82) is 0 Å². The van der Waals surface area contributed by atoms with Crippen LogP contribution < -0.4 is 4.74 Å². The summed E-state index contributed by atoms with van der Waals surface area (Å²) in [6, 6.07) is 14.5. The Morgan fingerprint density at radius 1 is 1.25 bits per heavy atom. The molecule has 0 spiro atoms. The molecule has 1 amide bonds. The van der Waals surface area contributed by atoms with E-state index in [1.165, 1.54) is 0 Å². The number of halogens is 1. The summed E-state index contributed by atoms with van der Waals surface area (Å²) in [5, 5.41) is 4.73. The highest BCUT2D eigenvalue weighted by atomic mass is 35.5. The van der Waals surface area contributed by atoms with Crippen molar-refractivity contribution in [3.05, 3.63) is 65.0 Å². The standard InChI is InChI=1S/C21H20ClN3O3/c1-27-18-6-2-4-15(12-18)19-23-20(28-24-19)16-5-3-11-25(13-16)21(26)14-7-9-17(22)10-8-14/h2,4,6-10,12,16H,3,5,11,13H2,1H3. The first-order chi connectivity index (χ1) is 13.6. The molecular weight excluding hydrogens is 378 g/mol. The molecule has 1 fully saturated rings. The molecule has 1 aliphatic heterocycles. The number of nitrogens with zero attached hydrogens (tertiary/aromatic N) is 3. The molecule has 0 radical (unpaired) electrons. The summed E-state index contributed by atoms with van der Waals surface area (Å²) in [4.78, 5) is 19.2. The number of methoxy groups -OCH3 is 1. The molecule has 2 heterocycles. The Bertz CT molecular complexity index is 971. The van der Waals surface area contributed by atoms with Crippen molar-refractivity contribution in [1.82, 2.24) is 15.0 Å². The highest BCUT2D eigenvalue weighted by Gasteiger charge is 2.29. The lowest BCUT2D eigenvalue weighted by Gasteiger charge is -2.31. The number of benzene rings is 2. The van der Waals surface area contributed by atoms with E-state index >= 15 is 0 Å². The van der Waals surface area contributed by atoms with Crippen molar-refractivity contribution in [3.8, 4) is 17.1 Å². The highest BCUT2D eigenvalue weighted by Crippen LogP contribution is 2.29. The summed E-state index contributed by atoms with van der Waals surface area (Å²) in [5.41, 5.74) is 1.46. The lowest BCUT2D eigenvalue weighted by Crippen LogP contribution is -2.39. The molecule has 7 heteroatoms. The summed E-state index contributed by atoms with van der Waals surface area (Å²) >= 11 is 5.92. The largest absolute Gasteiger partial charge is 0.497 e. The molecule has 1 unspecified atom stereocenters. The van der Waals surface area contributed by atoms with Crippen LogP contribution in [-0.4, -0.2) is 41.1 Å². The van der Waals surface area contributed by atoms with Crippen LogP contribution in [0.25, 0.3) is 11.4 Å². The molecule has 1 saturated heterocycles. The zero-order valence-corrected chi connectivity index (χ0v) is 16.2. The molecule has 6 nitrogen and oxygen atoms in total. The first-order valence-corrected chi connectivity index (χ1v) is 9.54. The lowest BCUT2D eigenvalue weighted by atomic mass is 9.97. The Morgan fingerprint density at radius 2 is 2.07 bits per heavy atom. The third kappa shape index (κ3) is 3.87. The van der Waals surface area contributed by atoms with Gasteiger partial charge in [-0.2, -0.15) is 4.98 Å². The molecule has 1 atom stereocenters. The van der Waals surface area contributed by atoms with E-state index in [0.717, 1.165) is 30.7 Å². The fourth-order valence-electron chi connectivity index (χ4n) is 3.42. The minimum atomic E-state index is -0.00565. The fraction of sp³-hybridized carbons (Fsp3) is 0.286. The maximum absolute atomic E-state index is 12.8. The van der Waals surface area contributed by atoms with Crippen LogP contribution in [0.3, 0.4) is 0 Å². The topological polar surface area (TPSA) is 68.5 Å². The number of piperidine rings is 1. The van der Waals surface area contributed by atoms with Gasteiger partial charge in [0.1, 0.15) is 5.75 Å². The Labute approximate surface area is 168 Å². The molecule has 1 aromatic heterocycles. The van der Waals surface area contributed by atoms with Crippen LogP contribution in [0.1, 0.15) is 35.0 Å². The van der Waals surface area contributed by atoms with Gasteiger partial charge in [-0.25, -0.2) is 0 Å². The third-order valence-electron chi connectivity index (χ3n) is 4.92. The van der Waals surface area contributed by atoms with Gasteiger partial charge in [-0.1, -0.05) is 28.9 Å². The molecule has 0 N–H and O–H groups in total. The van der Waals surface area contributed by atoms with Crippen molar-refractivity contribution >= 4 is 17.5 Å². The van der Waals surface area contributed by atoms with E-state index in [0.29, 0.717) is 28.8 Å². The Hall–Kier alpha value is -2.86. The van der Waals surface area contributed by atoms with E-state index in [2.05, 4.69) is 10.1 Å². The monoisotopic (exact) mass is 397 g/mol. The summed E-state index contributed by atoms with van der Waals surface area (Å²) in [6.07, 6.45) is 1.80. The van der Waals surface area contributed by atoms with Crippen LogP contribution in [0.2, 0.25) is 5.02 Å². The number of hydrogen-bond acceptors (Lipinski definition) is 5. The molecule has 3 aromatic rings. The SMILES string of the molecule is COc1cccc(-c2noc(C3CCCN(C(=O)c4ccc(Cl)cc4)C3)n2)c1. The van der Waals surface area contributed by atoms with E-state index in [9.17, 15) is 4.79 Å². The van der Waals surface area contributed by atoms with E-state index in [1.807, 2.05) is 29.2 Å². The van der Waals surface area contributed by atoms with E-state index in [-0.39, 0.29) is 11.8 Å². The lowest BCUT2D eigenvalue weighted by molar-refractivity contribution is 0.0695. The number of likely N-dealkylation sites (tertiary alicyclic amines) is 1. The molecule has 0 saturated carbocycles. The average Bonchev–Trinajstić information content (AvgIpc) is 3.24. The zero-order chi connectivity index (χ0) is 19.5. The maximum atomic E-state index is 12.8. The quantitative estimate of drug-likeness (QED) is 0.651. The van der Waals surface area contributed by atoms with Gasteiger partial charge >= 0.3 is 0 Å². The number of carbonyl (C=O) groups is 1. The van der Waals surface area contributed by atoms with Crippen LogP contribution in [0.4, 0.5) is 0 Å². The van der Waals surface area contributed by atoms with E-state index in [1.54, 1.807) is 31.4 Å². The number of hydrogen-bond donors (Lipinski definition) is 0. The number of rotatable bonds is 4. The first kappa shape index (κ1) is 18.5. The smallest absolute Gasteiger partial charge is 0.253 e. The summed E-state index contributed by atoms with van der Waals surface area (Å²) < 4.78 is 10.8. The van der Waals surface area contributed by atoms with Crippen molar-refractivity contribution in [3.63, 3.8) is 0 Å². The van der Waals surface area contributed by atoms with Gasteiger partial charge in [0.15, 0.2) is 0 Å². The third-order valence-corrected chi connectivity index (χ3v) is 5.17. The summed E-state index contributed by atoms with van der Waals surface area (Å²) in [7, 11) is 1.62. The van der Waals surface area contributed by atoms with E-state index in [4.69, 9.17) is 20.9 Å². The Kier molecular flexibility index (Phi) is 5.30. The Morgan fingerprint density at radius 3 is 2.86 bits per heavy atom. The van der Waals surface area contributed by atoms with Crippen LogP contribution >= 0.6 is 11.6 Å². The van der Waals surface area contributed by atoms with Gasteiger partial charge in [0.05, 0.1) is 13.0 Å². The van der Waals surface area contributed by atoms with Gasteiger partial charge in [0.2, 0.25) is 11.7 Å². The second-order valence-corrected chi connectivity index (χ2v) is 7.22. The minimum absolute atomic E-state index is 0.00565. The van der Waals surface area contributed by atoms with Gasteiger partial charge < -0.3 is 14.2 Å². The maximum Gasteiger partial charge on any atom is 0.253 e. The molecular formula is C21H20ClN3O3. The van der Waals surface area contributed by atoms with Crippen LogP contribution in [-0.2, 0) is 0 Å². The second kappa shape index (κ2) is 8.02. The normalized spacial score (nSPS) is 16.8. The minimum Gasteiger partial charge on any atom is -0.497 e. The number of aromatic nitrogens is 2. The molecule has 1 aliphatic rings. The first-order valence-electron chi connectivity index (χ1n) is 9.17.